The number of ether oxygens (including phenoxy) is 3. The Morgan fingerprint density at radius 3 is 2.95 bits per heavy atom. The number of rotatable bonds is 5. The van der Waals surface area contributed by atoms with Gasteiger partial charge in [-0.1, -0.05) is 0 Å². The largest absolute Gasteiger partial charge is 0.475 e. The van der Waals surface area contributed by atoms with Crippen LogP contribution in [0.5, 0.6) is 5.88 Å². The van der Waals surface area contributed by atoms with Crippen molar-refractivity contribution < 1.29 is 14.2 Å². The van der Waals surface area contributed by atoms with E-state index in [9.17, 15) is 0 Å². The van der Waals surface area contributed by atoms with Crippen LogP contribution in [0.3, 0.4) is 0 Å². The summed E-state index contributed by atoms with van der Waals surface area (Å²) >= 11 is 0. The number of anilines is 2. The molecule has 1 saturated heterocycles. The molecular weight excluding hydrogens is 260 g/mol. The zero-order valence-electron chi connectivity index (χ0n) is 12.1. The molecule has 0 amide bonds. The highest BCUT2D eigenvalue weighted by Gasteiger charge is 2.26. The average Bonchev–Trinajstić information content (AvgIpc) is 2.37. The molecule has 7 heteroatoms. The molecule has 0 unspecified atom stereocenters. The number of methoxy groups -OCH3 is 1. The van der Waals surface area contributed by atoms with E-state index in [4.69, 9.17) is 19.9 Å². The predicted octanol–water partition coefficient (Wildman–Crippen LogP) is 1.06. The number of hydrogen-bond acceptors (Lipinski definition) is 7. The molecule has 2 rings (SSSR count). The lowest BCUT2D eigenvalue weighted by atomic mass is 10.1. The van der Waals surface area contributed by atoms with Crippen molar-refractivity contribution in [1.82, 2.24) is 9.97 Å². The van der Waals surface area contributed by atoms with Crippen molar-refractivity contribution in [3.8, 4) is 5.88 Å². The molecule has 112 valence electrons. The second kappa shape index (κ2) is 6.71. The molecule has 1 aromatic rings. The summed E-state index contributed by atoms with van der Waals surface area (Å²) in [5, 5.41) is 3.32. The smallest absolute Gasteiger partial charge is 0.225 e. The minimum absolute atomic E-state index is 0.00518. The van der Waals surface area contributed by atoms with Gasteiger partial charge in [-0.15, -0.1) is 0 Å². The number of aromatic nitrogens is 2. The van der Waals surface area contributed by atoms with E-state index in [0.717, 1.165) is 6.42 Å². The highest BCUT2D eigenvalue weighted by atomic mass is 16.5. The van der Waals surface area contributed by atoms with Gasteiger partial charge in [0.05, 0.1) is 18.8 Å². The number of nitrogen functional groups attached to an aromatic ring is 1. The zero-order valence-corrected chi connectivity index (χ0v) is 12.1. The minimum Gasteiger partial charge on any atom is -0.475 e. The van der Waals surface area contributed by atoms with Crippen molar-refractivity contribution in [2.24, 2.45) is 0 Å². The number of nitrogens with zero attached hydrogens (tertiary/aromatic N) is 2. The first-order chi connectivity index (χ1) is 9.58. The van der Waals surface area contributed by atoms with Crippen LogP contribution >= 0.6 is 0 Å². The van der Waals surface area contributed by atoms with Crippen molar-refractivity contribution >= 4 is 11.8 Å². The quantitative estimate of drug-likeness (QED) is 0.834. The molecular formula is C13H22N4O3. The van der Waals surface area contributed by atoms with Crippen LogP contribution in [0.25, 0.3) is 0 Å². The van der Waals surface area contributed by atoms with Gasteiger partial charge in [0.15, 0.2) is 0 Å². The van der Waals surface area contributed by atoms with E-state index in [1.807, 2.05) is 13.8 Å². The fourth-order valence-corrected chi connectivity index (χ4v) is 2.12. The van der Waals surface area contributed by atoms with Crippen LogP contribution in [0, 0.1) is 0 Å². The molecule has 3 N–H and O–H groups in total. The maximum Gasteiger partial charge on any atom is 0.225 e. The van der Waals surface area contributed by atoms with E-state index in [0.29, 0.717) is 24.9 Å². The summed E-state index contributed by atoms with van der Waals surface area (Å²) in [5.41, 5.74) is 5.71. The summed E-state index contributed by atoms with van der Waals surface area (Å²) in [6.07, 6.45) is 0.879. The third kappa shape index (κ3) is 3.94. The van der Waals surface area contributed by atoms with Crippen LogP contribution < -0.4 is 15.8 Å². The molecule has 0 aliphatic carbocycles. The summed E-state index contributed by atoms with van der Waals surface area (Å²) in [4.78, 5) is 8.24. The van der Waals surface area contributed by atoms with E-state index in [1.54, 1.807) is 13.2 Å². The molecule has 1 aliphatic rings. The molecule has 1 aromatic heterocycles. The van der Waals surface area contributed by atoms with Crippen molar-refractivity contribution in [3.05, 3.63) is 6.07 Å². The topological polar surface area (TPSA) is 91.5 Å². The maximum atomic E-state index is 5.71. The second-order valence-electron chi connectivity index (χ2n) is 5.00. The molecule has 1 fully saturated rings. The lowest BCUT2D eigenvalue weighted by Gasteiger charge is -2.31. The van der Waals surface area contributed by atoms with Gasteiger partial charge in [-0.25, -0.2) is 0 Å². The van der Waals surface area contributed by atoms with Crippen LogP contribution in [-0.2, 0) is 9.47 Å². The Labute approximate surface area is 118 Å². The van der Waals surface area contributed by atoms with E-state index >= 15 is 0 Å². The van der Waals surface area contributed by atoms with Gasteiger partial charge in [0.1, 0.15) is 11.9 Å². The van der Waals surface area contributed by atoms with Gasteiger partial charge in [0.2, 0.25) is 11.8 Å². The van der Waals surface area contributed by atoms with Crippen molar-refractivity contribution in [2.75, 3.05) is 31.4 Å². The zero-order chi connectivity index (χ0) is 14.5. The van der Waals surface area contributed by atoms with E-state index in [1.165, 1.54) is 0 Å². The number of hydrogen-bond donors (Lipinski definition) is 2. The van der Waals surface area contributed by atoms with Gasteiger partial charge >= 0.3 is 0 Å². The molecule has 1 aliphatic heterocycles. The predicted molar refractivity (Wildman–Crippen MR) is 75.9 cm³/mol. The van der Waals surface area contributed by atoms with Crippen LogP contribution in [0.2, 0.25) is 0 Å². The highest BCUT2D eigenvalue weighted by Crippen LogP contribution is 2.20. The summed E-state index contributed by atoms with van der Waals surface area (Å²) in [6, 6.07) is 1.88. The Bertz CT molecular complexity index is 442. The molecule has 0 saturated carbocycles. The average molecular weight is 282 g/mol. The van der Waals surface area contributed by atoms with Gasteiger partial charge in [-0.3, -0.25) is 0 Å². The summed E-state index contributed by atoms with van der Waals surface area (Å²) in [7, 11) is 1.68. The third-order valence-electron chi connectivity index (χ3n) is 3.02. The summed E-state index contributed by atoms with van der Waals surface area (Å²) in [6.45, 7) is 5.15. The number of nitrogens with one attached hydrogen (secondary N) is 1. The molecule has 7 nitrogen and oxygen atoms in total. The highest BCUT2D eigenvalue weighted by molar-refractivity contribution is 5.43. The van der Waals surface area contributed by atoms with Crippen molar-refractivity contribution in [3.63, 3.8) is 0 Å². The maximum absolute atomic E-state index is 5.71. The monoisotopic (exact) mass is 282 g/mol. The molecule has 0 spiro atoms. The Hall–Kier alpha value is -1.60. The van der Waals surface area contributed by atoms with E-state index in [2.05, 4.69) is 15.3 Å². The normalized spacial score (nSPS) is 22.8. The van der Waals surface area contributed by atoms with Crippen LogP contribution in [-0.4, -0.2) is 48.5 Å². The van der Waals surface area contributed by atoms with Gasteiger partial charge in [-0.2, -0.15) is 9.97 Å². The van der Waals surface area contributed by atoms with Crippen LogP contribution in [0.15, 0.2) is 6.07 Å². The molecule has 2 heterocycles. The van der Waals surface area contributed by atoms with E-state index in [-0.39, 0.29) is 24.2 Å². The molecule has 20 heavy (non-hydrogen) atoms. The van der Waals surface area contributed by atoms with Crippen LogP contribution in [0.4, 0.5) is 11.8 Å². The lowest BCUT2D eigenvalue weighted by Crippen LogP contribution is -2.43. The van der Waals surface area contributed by atoms with Gasteiger partial charge < -0.3 is 25.3 Å². The number of nitrogens with two attached hydrogens (primary N) is 1. The third-order valence-corrected chi connectivity index (χ3v) is 3.02. The van der Waals surface area contributed by atoms with Gasteiger partial charge in [-0.05, 0) is 20.3 Å². The van der Waals surface area contributed by atoms with Crippen molar-refractivity contribution in [2.45, 2.75) is 38.5 Å². The molecule has 0 radical (unpaired) electrons. The fraction of sp³-hybridized carbons (Fsp3) is 0.692. The van der Waals surface area contributed by atoms with Gasteiger partial charge in [0, 0.05) is 19.8 Å². The Balaban J connectivity index is 2.09. The first-order valence-electron chi connectivity index (χ1n) is 6.76. The van der Waals surface area contributed by atoms with E-state index < -0.39 is 0 Å². The minimum atomic E-state index is -0.00518. The standard InChI is InChI=1S/C13H22N4O3/c1-8(2)20-12-6-11(16-13(14)17-12)15-9-4-5-19-7-10(9)18-3/h6,8-10H,4-5,7H2,1-3H3,(H3,14,15,16,17)/t9-,10-/m1/s1. The first-order valence-corrected chi connectivity index (χ1v) is 6.76. The SMILES string of the molecule is CO[C@@H]1COCC[C@H]1Nc1cc(OC(C)C)nc(N)n1. The Morgan fingerprint density at radius 1 is 1.45 bits per heavy atom. The summed E-state index contributed by atoms with van der Waals surface area (Å²) in [5.74, 6) is 1.30. The first kappa shape index (κ1) is 14.8. The Kier molecular flexibility index (Phi) is 4.97. The molecule has 0 bridgehead atoms. The lowest BCUT2D eigenvalue weighted by molar-refractivity contribution is -0.0367. The van der Waals surface area contributed by atoms with Crippen molar-refractivity contribution in [1.29, 1.82) is 0 Å². The summed E-state index contributed by atoms with van der Waals surface area (Å²) < 4.78 is 16.4. The fourth-order valence-electron chi connectivity index (χ4n) is 2.12. The second-order valence-corrected chi connectivity index (χ2v) is 5.00. The molecule has 0 aromatic carbocycles. The Morgan fingerprint density at radius 2 is 2.25 bits per heavy atom. The van der Waals surface area contributed by atoms with Crippen LogP contribution in [0.1, 0.15) is 20.3 Å². The van der Waals surface area contributed by atoms with Gasteiger partial charge in [0.25, 0.3) is 0 Å². The molecule has 2 atom stereocenters.